The van der Waals surface area contributed by atoms with Crippen molar-refractivity contribution in [2.24, 2.45) is 0 Å². The minimum absolute atomic E-state index is 0.0161. The van der Waals surface area contributed by atoms with E-state index in [4.69, 9.17) is 0 Å². The second-order valence-electron chi connectivity index (χ2n) is 5.78. The van der Waals surface area contributed by atoms with E-state index >= 15 is 0 Å². The molecular formula is C15H12F4N2O. The number of benzene rings is 1. The summed E-state index contributed by atoms with van der Waals surface area (Å²) < 4.78 is 55.4. The summed E-state index contributed by atoms with van der Waals surface area (Å²) in [6.07, 6.45) is -0.000453. The number of amides is 1. The van der Waals surface area contributed by atoms with Crippen LogP contribution in [0.5, 0.6) is 0 Å². The van der Waals surface area contributed by atoms with E-state index in [9.17, 15) is 22.4 Å². The quantitative estimate of drug-likeness (QED) is 0.585. The molecule has 1 aromatic carbocycles. The molecule has 0 bridgehead atoms. The summed E-state index contributed by atoms with van der Waals surface area (Å²) in [5.74, 6) is -4.47. The molecular weight excluding hydrogens is 300 g/mol. The third-order valence-electron chi connectivity index (χ3n) is 4.56. The van der Waals surface area contributed by atoms with Gasteiger partial charge in [0.15, 0.2) is 17.5 Å². The molecule has 2 atom stereocenters. The third kappa shape index (κ3) is 1.65. The zero-order chi connectivity index (χ0) is 15.6. The average molecular weight is 312 g/mol. The molecule has 0 aliphatic carbocycles. The van der Waals surface area contributed by atoms with E-state index < -0.39 is 23.6 Å². The zero-order valence-electron chi connectivity index (χ0n) is 11.4. The maximum atomic E-state index is 14.5. The third-order valence-corrected chi connectivity index (χ3v) is 4.56. The Kier molecular flexibility index (Phi) is 2.76. The molecule has 3 nitrogen and oxygen atoms in total. The van der Waals surface area contributed by atoms with Gasteiger partial charge in [0.1, 0.15) is 6.17 Å². The van der Waals surface area contributed by atoms with Crippen molar-refractivity contribution in [3.8, 4) is 0 Å². The van der Waals surface area contributed by atoms with Gasteiger partial charge in [-0.05, 0) is 12.8 Å². The van der Waals surface area contributed by atoms with Crippen LogP contribution in [-0.2, 0) is 4.79 Å². The first-order valence-corrected chi connectivity index (χ1v) is 7.11. The molecule has 1 N–H and O–H groups in total. The summed E-state index contributed by atoms with van der Waals surface area (Å²) in [5, 5.41) is -0.251. The number of alkyl halides is 1. The molecule has 22 heavy (non-hydrogen) atoms. The largest absolute Gasteiger partial charge is 0.356 e. The number of nitrogens with zero attached hydrogens (tertiary/aromatic N) is 1. The van der Waals surface area contributed by atoms with Crippen LogP contribution < -0.4 is 0 Å². The van der Waals surface area contributed by atoms with Crippen molar-refractivity contribution in [2.45, 2.75) is 31.5 Å². The number of carbonyl (C=O) groups excluding carboxylic acids is 1. The van der Waals surface area contributed by atoms with Crippen LogP contribution in [0, 0.1) is 17.5 Å². The van der Waals surface area contributed by atoms with Crippen LogP contribution in [0.3, 0.4) is 0 Å². The van der Waals surface area contributed by atoms with E-state index in [1.165, 1.54) is 4.90 Å². The fraction of sp³-hybridized carbons (Fsp3) is 0.400. The van der Waals surface area contributed by atoms with Crippen molar-refractivity contribution in [2.75, 3.05) is 6.54 Å². The SMILES string of the molecule is O=C1CCC[C@H]2c3[nH]c4cc(F)c(F)c(F)c4c3[C@H](F)CN12. The highest BCUT2D eigenvalue weighted by molar-refractivity contribution is 5.87. The second-order valence-corrected chi connectivity index (χ2v) is 5.78. The molecule has 1 fully saturated rings. The first-order chi connectivity index (χ1) is 10.5. The Hall–Kier alpha value is -2.05. The number of halogens is 4. The number of piperidine rings is 1. The maximum absolute atomic E-state index is 14.5. The average Bonchev–Trinajstić information content (AvgIpc) is 2.86. The van der Waals surface area contributed by atoms with Gasteiger partial charge in [0.05, 0.1) is 18.1 Å². The minimum atomic E-state index is -1.62. The number of hydrogen-bond donors (Lipinski definition) is 1. The Morgan fingerprint density at radius 3 is 2.77 bits per heavy atom. The molecule has 2 aromatic rings. The van der Waals surface area contributed by atoms with Crippen LogP contribution in [0.15, 0.2) is 6.07 Å². The molecule has 0 saturated carbocycles. The lowest BCUT2D eigenvalue weighted by molar-refractivity contribution is -0.138. The minimum Gasteiger partial charge on any atom is -0.356 e. The van der Waals surface area contributed by atoms with Gasteiger partial charge in [-0.25, -0.2) is 17.6 Å². The van der Waals surface area contributed by atoms with E-state index in [1.807, 2.05) is 0 Å². The van der Waals surface area contributed by atoms with Crippen molar-refractivity contribution in [1.82, 2.24) is 9.88 Å². The summed E-state index contributed by atoms with van der Waals surface area (Å²) in [6.45, 7) is -0.179. The number of aromatic amines is 1. The van der Waals surface area contributed by atoms with Gasteiger partial charge in [0, 0.05) is 29.1 Å². The predicted molar refractivity (Wildman–Crippen MR) is 70.3 cm³/mol. The van der Waals surface area contributed by atoms with E-state index in [0.29, 0.717) is 25.0 Å². The molecule has 4 rings (SSSR count). The summed E-state index contributed by atoms with van der Waals surface area (Å²) in [4.78, 5) is 16.1. The molecule has 116 valence electrons. The van der Waals surface area contributed by atoms with Gasteiger partial charge in [-0.15, -0.1) is 0 Å². The van der Waals surface area contributed by atoms with Gasteiger partial charge in [-0.3, -0.25) is 4.79 Å². The molecule has 3 heterocycles. The summed E-state index contributed by atoms with van der Waals surface area (Å²) in [5.41, 5.74) is 0.386. The number of carbonyl (C=O) groups is 1. The molecule has 1 aromatic heterocycles. The van der Waals surface area contributed by atoms with Crippen molar-refractivity contribution in [3.05, 3.63) is 34.8 Å². The Balaban J connectivity index is 2.00. The smallest absolute Gasteiger partial charge is 0.223 e. The first kappa shape index (κ1) is 13.6. The van der Waals surface area contributed by atoms with Crippen LogP contribution in [0.4, 0.5) is 17.6 Å². The lowest BCUT2D eigenvalue weighted by Gasteiger charge is -2.40. The van der Waals surface area contributed by atoms with Crippen LogP contribution in [-0.4, -0.2) is 22.3 Å². The molecule has 0 spiro atoms. The van der Waals surface area contributed by atoms with Crippen LogP contribution in [0.2, 0.25) is 0 Å². The Labute approximate surface area is 122 Å². The highest BCUT2D eigenvalue weighted by Gasteiger charge is 2.41. The van der Waals surface area contributed by atoms with Gasteiger partial charge in [-0.1, -0.05) is 0 Å². The molecule has 0 radical (unpaired) electrons. The molecule has 1 saturated heterocycles. The highest BCUT2D eigenvalue weighted by atomic mass is 19.2. The molecule has 2 aliphatic rings. The molecule has 7 heteroatoms. The van der Waals surface area contributed by atoms with Gasteiger partial charge in [-0.2, -0.15) is 0 Å². The van der Waals surface area contributed by atoms with Gasteiger partial charge < -0.3 is 9.88 Å². The molecule has 2 aliphatic heterocycles. The number of H-pyrrole nitrogens is 1. The zero-order valence-corrected chi connectivity index (χ0v) is 11.4. The Morgan fingerprint density at radius 1 is 1.23 bits per heavy atom. The standard InChI is InChI=1S/C15H12F4N2O/c16-6-4-8-12(14(19)13(6)18)11-7(17)5-21-9(15(11)20-8)2-1-3-10(21)22/h4,7,9,20H,1-3,5H2/t7-,9+/m1/s1. The highest BCUT2D eigenvalue weighted by Crippen LogP contribution is 2.45. The monoisotopic (exact) mass is 312 g/mol. The molecule has 1 amide bonds. The number of fused-ring (bicyclic) bond motifs is 5. The lowest BCUT2D eigenvalue weighted by atomic mass is 9.89. The van der Waals surface area contributed by atoms with E-state index in [2.05, 4.69) is 4.98 Å². The fourth-order valence-corrected chi connectivity index (χ4v) is 3.61. The van der Waals surface area contributed by atoms with Gasteiger partial charge in [0.2, 0.25) is 5.91 Å². The maximum Gasteiger partial charge on any atom is 0.223 e. The number of rotatable bonds is 0. The van der Waals surface area contributed by atoms with Crippen molar-refractivity contribution in [3.63, 3.8) is 0 Å². The summed E-state index contributed by atoms with van der Waals surface area (Å²) >= 11 is 0. The van der Waals surface area contributed by atoms with E-state index in [0.717, 1.165) is 6.07 Å². The van der Waals surface area contributed by atoms with E-state index in [1.54, 1.807) is 0 Å². The first-order valence-electron chi connectivity index (χ1n) is 7.11. The lowest BCUT2D eigenvalue weighted by Crippen LogP contribution is -2.43. The Bertz CT molecular complexity index is 801. The normalized spacial score (nSPS) is 24.5. The van der Waals surface area contributed by atoms with Crippen LogP contribution in [0.25, 0.3) is 10.9 Å². The fourth-order valence-electron chi connectivity index (χ4n) is 3.61. The number of nitrogens with one attached hydrogen (secondary N) is 1. The van der Waals surface area contributed by atoms with Gasteiger partial charge in [0.25, 0.3) is 0 Å². The van der Waals surface area contributed by atoms with E-state index in [-0.39, 0.29) is 35.0 Å². The number of aromatic nitrogens is 1. The predicted octanol–water partition coefficient (Wildman–Crippen LogP) is 3.66. The van der Waals surface area contributed by atoms with Crippen LogP contribution >= 0.6 is 0 Å². The summed E-state index contributed by atoms with van der Waals surface area (Å²) in [6, 6.07) is 0.439. The second kappa shape index (κ2) is 4.47. The van der Waals surface area contributed by atoms with Crippen molar-refractivity contribution < 1.29 is 22.4 Å². The van der Waals surface area contributed by atoms with Crippen molar-refractivity contribution >= 4 is 16.8 Å². The van der Waals surface area contributed by atoms with Crippen LogP contribution in [0.1, 0.15) is 42.7 Å². The van der Waals surface area contributed by atoms with Crippen molar-refractivity contribution in [1.29, 1.82) is 0 Å². The topological polar surface area (TPSA) is 36.1 Å². The number of hydrogen-bond acceptors (Lipinski definition) is 1. The molecule has 0 unspecified atom stereocenters. The van der Waals surface area contributed by atoms with Gasteiger partial charge >= 0.3 is 0 Å². The Morgan fingerprint density at radius 2 is 2.00 bits per heavy atom. The summed E-state index contributed by atoms with van der Waals surface area (Å²) in [7, 11) is 0.